The van der Waals surface area contributed by atoms with Crippen molar-refractivity contribution in [2.24, 2.45) is 5.92 Å². The summed E-state index contributed by atoms with van der Waals surface area (Å²) in [5.74, 6) is -0.320. The smallest absolute Gasteiger partial charge is 0.227 e. The molecule has 12 heteroatoms. The average Bonchev–Trinajstić information content (AvgIpc) is 3.61. The second kappa shape index (κ2) is 8.77. The van der Waals surface area contributed by atoms with E-state index < -0.39 is 5.82 Å². The third-order valence-electron chi connectivity index (χ3n) is 6.73. The van der Waals surface area contributed by atoms with Gasteiger partial charge in [0.05, 0.1) is 39.4 Å². The summed E-state index contributed by atoms with van der Waals surface area (Å²) in [5, 5.41) is 9.87. The molecule has 1 amide bonds. The van der Waals surface area contributed by atoms with Gasteiger partial charge in [-0.25, -0.2) is 9.37 Å². The number of pyridine rings is 3. The molecule has 0 aromatic carbocycles. The molecule has 0 radical (unpaired) electrons. The maximum Gasteiger partial charge on any atom is 0.227 e. The van der Waals surface area contributed by atoms with Gasteiger partial charge in [0, 0.05) is 23.9 Å². The highest BCUT2D eigenvalue weighted by atomic mass is 32.1. The largest absolute Gasteiger partial charge is 0.336 e. The van der Waals surface area contributed by atoms with Crippen LogP contribution in [0.15, 0.2) is 49.1 Å². The van der Waals surface area contributed by atoms with Crippen LogP contribution in [0.1, 0.15) is 19.3 Å². The highest BCUT2D eigenvalue weighted by Crippen LogP contribution is 2.35. The van der Waals surface area contributed by atoms with Crippen molar-refractivity contribution in [2.75, 3.05) is 5.32 Å². The van der Waals surface area contributed by atoms with Gasteiger partial charge in [0.2, 0.25) is 5.91 Å². The topological polar surface area (TPSA) is 125 Å². The molecule has 1 aliphatic rings. The Bertz CT molecular complexity index is 1860. The molecule has 1 saturated carbocycles. The van der Waals surface area contributed by atoms with E-state index in [1.54, 1.807) is 24.4 Å². The summed E-state index contributed by atoms with van der Waals surface area (Å²) >= 11 is 0.972. The maximum atomic E-state index is 16.0. The van der Waals surface area contributed by atoms with E-state index in [-0.39, 0.29) is 33.7 Å². The van der Waals surface area contributed by atoms with Gasteiger partial charge < -0.3 is 10.3 Å². The van der Waals surface area contributed by atoms with E-state index in [1.165, 1.54) is 24.7 Å². The zero-order chi connectivity index (χ0) is 25.8. The predicted molar refractivity (Wildman–Crippen MR) is 139 cm³/mol. The third-order valence-corrected chi connectivity index (χ3v) is 7.61. The summed E-state index contributed by atoms with van der Waals surface area (Å²) < 4.78 is 29.6. The molecule has 9 nitrogen and oxygen atoms in total. The summed E-state index contributed by atoms with van der Waals surface area (Å²) in [6, 6.07) is 6.42. The van der Waals surface area contributed by atoms with Gasteiger partial charge in [-0.1, -0.05) is 6.42 Å². The fraction of sp³-hybridized carbons (Fsp3) is 0.154. The van der Waals surface area contributed by atoms with E-state index >= 15 is 4.39 Å². The van der Waals surface area contributed by atoms with Crippen molar-refractivity contribution in [1.82, 2.24) is 35.1 Å². The Kier molecular flexibility index (Phi) is 5.22. The lowest BCUT2D eigenvalue weighted by molar-refractivity contribution is -0.122. The Morgan fingerprint density at radius 1 is 1.03 bits per heavy atom. The molecule has 1 aliphatic carbocycles. The molecular formula is C26H18F2N8OS. The normalized spacial score (nSPS) is 13.7. The van der Waals surface area contributed by atoms with Crippen LogP contribution in [0.25, 0.3) is 55.3 Å². The Balaban J connectivity index is 1.30. The molecule has 0 saturated heterocycles. The van der Waals surface area contributed by atoms with Crippen molar-refractivity contribution in [3.05, 3.63) is 60.0 Å². The molecular weight excluding hydrogens is 510 g/mol. The molecule has 6 heterocycles. The number of fused-ring (bicyclic) bond motifs is 2. The molecule has 0 aliphatic heterocycles. The van der Waals surface area contributed by atoms with Gasteiger partial charge >= 0.3 is 0 Å². The molecule has 188 valence electrons. The number of anilines is 1. The quantitative estimate of drug-likeness (QED) is 0.263. The summed E-state index contributed by atoms with van der Waals surface area (Å²) in [5.41, 5.74) is 3.33. The molecule has 0 unspecified atom stereocenters. The molecule has 38 heavy (non-hydrogen) atoms. The number of nitrogens with one attached hydrogen (secondary N) is 3. The fourth-order valence-electron chi connectivity index (χ4n) is 4.57. The van der Waals surface area contributed by atoms with E-state index in [2.05, 4.69) is 40.4 Å². The summed E-state index contributed by atoms with van der Waals surface area (Å²) in [4.78, 5) is 33.7. The van der Waals surface area contributed by atoms with E-state index in [4.69, 9.17) is 0 Å². The van der Waals surface area contributed by atoms with Crippen molar-refractivity contribution in [2.45, 2.75) is 19.3 Å². The number of thiophene rings is 1. The minimum atomic E-state index is -0.602. The van der Waals surface area contributed by atoms with Crippen LogP contribution in [0.4, 0.5) is 14.5 Å². The second-order valence-electron chi connectivity index (χ2n) is 9.11. The van der Waals surface area contributed by atoms with Gasteiger partial charge in [0.15, 0.2) is 16.8 Å². The highest BCUT2D eigenvalue weighted by molar-refractivity contribution is 7.13. The minimum absolute atomic E-state index is 0.0109. The number of hydrogen-bond acceptors (Lipinski definition) is 7. The first-order valence-corrected chi connectivity index (χ1v) is 12.8. The van der Waals surface area contributed by atoms with E-state index in [0.29, 0.717) is 44.2 Å². The summed E-state index contributed by atoms with van der Waals surface area (Å²) in [6.45, 7) is 0. The summed E-state index contributed by atoms with van der Waals surface area (Å²) in [7, 11) is 0. The number of nitrogens with zero attached hydrogens (tertiary/aromatic N) is 5. The highest BCUT2D eigenvalue weighted by Gasteiger charge is 2.26. The van der Waals surface area contributed by atoms with Crippen LogP contribution < -0.4 is 5.32 Å². The van der Waals surface area contributed by atoms with Crippen LogP contribution in [0.2, 0.25) is 0 Å². The van der Waals surface area contributed by atoms with Gasteiger partial charge in [0.25, 0.3) is 0 Å². The monoisotopic (exact) mass is 528 g/mol. The van der Waals surface area contributed by atoms with Crippen molar-refractivity contribution in [1.29, 1.82) is 0 Å². The molecule has 6 aromatic heterocycles. The third kappa shape index (κ3) is 3.72. The fourth-order valence-corrected chi connectivity index (χ4v) is 5.30. The Labute approximate surface area is 217 Å². The van der Waals surface area contributed by atoms with Gasteiger partial charge in [-0.15, -0.1) is 11.3 Å². The molecule has 6 aromatic rings. The lowest BCUT2D eigenvalue weighted by atomic mass is 9.85. The minimum Gasteiger partial charge on any atom is -0.336 e. The average molecular weight is 529 g/mol. The number of imidazole rings is 1. The number of carbonyl (C=O) groups excluding carboxylic acids is 1. The van der Waals surface area contributed by atoms with Gasteiger partial charge in [0.1, 0.15) is 22.6 Å². The number of H-pyrrole nitrogens is 2. The second-order valence-corrected chi connectivity index (χ2v) is 10.1. The van der Waals surface area contributed by atoms with E-state index in [0.717, 1.165) is 30.6 Å². The van der Waals surface area contributed by atoms with Crippen molar-refractivity contribution < 1.29 is 13.6 Å². The van der Waals surface area contributed by atoms with E-state index in [1.807, 2.05) is 0 Å². The van der Waals surface area contributed by atoms with Crippen LogP contribution in [-0.4, -0.2) is 41.0 Å². The van der Waals surface area contributed by atoms with Crippen LogP contribution in [0.5, 0.6) is 0 Å². The summed E-state index contributed by atoms with van der Waals surface area (Å²) in [6.07, 6.45) is 8.92. The Hall–Kier alpha value is -4.58. The van der Waals surface area contributed by atoms with Gasteiger partial charge in [-0.2, -0.15) is 9.49 Å². The van der Waals surface area contributed by atoms with Crippen LogP contribution in [0, 0.1) is 16.9 Å². The van der Waals surface area contributed by atoms with Crippen LogP contribution >= 0.6 is 11.3 Å². The Morgan fingerprint density at radius 3 is 2.71 bits per heavy atom. The number of aromatic amines is 2. The number of hydrogen-bond donors (Lipinski definition) is 3. The lowest BCUT2D eigenvalue weighted by Gasteiger charge is -2.24. The number of aromatic nitrogens is 7. The predicted octanol–water partition coefficient (Wildman–Crippen LogP) is 5.70. The standard InChI is InChI=1S/C26H18F2N8OS/c27-18-5-4-17(38-18)23-22-15(6-7-30-23)33-25(34-22)24-19-16(35-36-24)11-31-21(20(19)28)13-8-14(10-29-9-13)32-26(37)12-2-1-3-12/h4-12H,1-3H2,(H,32,37)(H,33,34)(H,35,36). The number of carbonyl (C=O) groups is 1. The van der Waals surface area contributed by atoms with Gasteiger partial charge in [-0.3, -0.25) is 24.8 Å². The SMILES string of the molecule is O=C(Nc1cncc(-c2ncc3[nH]nc(-c4nc5c(-c6ccc(F)s6)nccc5[nH]4)c3c2F)c1)C1CCC1. The molecule has 0 atom stereocenters. The number of amides is 1. The van der Waals surface area contributed by atoms with Crippen LogP contribution in [0.3, 0.4) is 0 Å². The molecule has 3 N–H and O–H groups in total. The van der Waals surface area contributed by atoms with Crippen molar-refractivity contribution in [3.8, 4) is 33.3 Å². The molecule has 7 rings (SSSR count). The zero-order valence-corrected chi connectivity index (χ0v) is 20.4. The Morgan fingerprint density at radius 2 is 1.92 bits per heavy atom. The lowest BCUT2D eigenvalue weighted by Crippen LogP contribution is -2.28. The van der Waals surface area contributed by atoms with E-state index in [9.17, 15) is 9.18 Å². The van der Waals surface area contributed by atoms with Crippen molar-refractivity contribution >= 4 is 44.9 Å². The number of halogens is 2. The van der Waals surface area contributed by atoms with Gasteiger partial charge in [-0.05, 0) is 37.1 Å². The maximum absolute atomic E-state index is 16.0. The first kappa shape index (κ1) is 22.6. The molecule has 0 bridgehead atoms. The molecule has 0 spiro atoms. The first-order chi connectivity index (χ1) is 18.5. The number of rotatable bonds is 5. The zero-order valence-electron chi connectivity index (χ0n) is 19.6. The van der Waals surface area contributed by atoms with Crippen LogP contribution in [-0.2, 0) is 4.79 Å². The molecule has 1 fully saturated rings. The van der Waals surface area contributed by atoms with Crippen molar-refractivity contribution in [3.63, 3.8) is 0 Å². The first-order valence-electron chi connectivity index (χ1n) is 11.9.